The lowest BCUT2D eigenvalue weighted by Gasteiger charge is -2.12. The predicted molar refractivity (Wildman–Crippen MR) is 88.1 cm³/mol. The smallest absolute Gasteiger partial charge is 0.143 e. The van der Waals surface area contributed by atoms with Gasteiger partial charge in [-0.25, -0.2) is 4.98 Å². The van der Waals surface area contributed by atoms with E-state index >= 15 is 0 Å². The van der Waals surface area contributed by atoms with Gasteiger partial charge in [-0.15, -0.1) is 6.42 Å². The summed E-state index contributed by atoms with van der Waals surface area (Å²) in [6.07, 6.45) is 5.25. The van der Waals surface area contributed by atoms with E-state index in [1.54, 1.807) is 24.3 Å². The number of nitrogens with two attached hydrogens (primary N) is 1. The second-order valence-corrected chi connectivity index (χ2v) is 5.55. The maximum absolute atomic E-state index is 9.50. The van der Waals surface area contributed by atoms with Crippen LogP contribution in [0.4, 0.5) is 5.82 Å². The van der Waals surface area contributed by atoms with E-state index in [0.29, 0.717) is 26.9 Å². The van der Waals surface area contributed by atoms with Gasteiger partial charge in [-0.3, -0.25) is 0 Å². The van der Waals surface area contributed by atoms with E-state index in [-0.39, 0.29) is 16.9 Å². The van der Waals surface area contributed by atoms with Gasteiger partial charge in [-0.2, -0.15) is 10.5 Å². The molecule has 2 aromatic rings. The SMILES string of the molecule is C#CCSc1nc(N)c(C#N)c(-c2cccc(Cl)c2)c1C#N. The summed E-state index contributed by atoms with van der Waals surface area (Å²) in [6, 6.07) is 11.0. The minimum absolute atomic E-state index is 0.0657. The minimum Gasteiger partial charge on any atom is -0.383 e. The van der Waals surface area contributed by atoms with Gasteiger partial charge in [-0.05, 0) is 17.7 Å². The number of nitrogen functional groups attached to an aromatic ring is 1. The monoisotopic (exact) mass is 324 g/mol. The maximum atomic E-state index is 9.50. The van der Waals surface area contributed by atoms with Gasteiger partial charge in [0.1, 0.15) is 28.5 Å². The normalized spacial score (nSPS) is 9.55. The van der Waals surface area contributed by atoms with Crippen LogP contribution in [0, 0.1) is 35.0 Å². The van der Waals surface area contributed by atoms with Gasteiger partial charge >= 0.3 is 0 Å². The fraction of sp³-hybridized carbons (Fsp3) is 0.0625. The van der Waals surface area contributed by atoms with Gasteiger partial charge in [0.15, 0.2) is 0 Å². The van der Waals surface area contributed by atoms with Crippen molar-refractivity contribution in [1.29, 1.82) is 10.5 Å². The van der Waals surface area contributed by atoms with E-state index < -0.39 is 0 Å². The van der Waals surface area contributed by atoms with Crippen LogP contribution in [0.3, 0.4) is 0 Å². The number of hydrogen-bond acceptors (Lipinski definition) is 5. The van der Waals surface area contributed by atoms with E-state index in [2.05, 4.69) is 17.0 Å². The van der Waals surface area contributed by atoms with Crippen LogP contribution >= 0.6 is 23.4 Å². The van der Waals surface area contributed by atoms with Crippen molar-refractivity contribution in [2.24, 2.45) is 0 Å². The van der Waals surface area contributed by atoms with Crippen LogP contribution in [0.15, 0.2) is 29.3 Å². The molecule has 0 aliphatic rings. The molecule has 6 heteroatoms. The van der Waals surface area contributed by atoms with Crippen molar-refractivity contribution < 1.29 is 0 Å². The zero-order valence-electron chi connectivity index (χ0n) is 11.3. The molecule has 0 saturated carbocycles. The molecule has 0 atom stereocenters. The van der Waals surface area contributed by atoms with Gasteiger partial charge in [0.2, 0.25) is 0 Å². The number of rotatable bonds is 3. The number of aromatic nitrogens is 1. The van der Waals surface area contributed by atoms with Crippen LogP contribution in [-0.4, -0.2) is 10.7 Å². The molecular weight excluding hydrogens is 316 g/mol. The van der Waals surface area contributed by atoms with Crippen LogP contribution in [-0.2, 0) is 0 Å². The number of hydrogen-bond donors (Lipinski definition) is 1. The minimum atomic E-state index is 0.0657. The summed E-state index contributed by atoms with van der Waals surface area (Å²) in [7, 11) is 0. The number of halogens is 1. The van der Waals surface area contributed by atoms with Gasteiger partial charge in [-0.1, -0.05) is 41.4 Å². The second kappa shape index (κ2) is 6.87. The summed E-state index contributed by atoms with van der Waals surface area (Å²) < 4.78 is 0. The van der Waals surface area contributed by atoms with Crippen molar-refractivity contribution in [2.45, 2.75) is 5.03 Å². The fourth-order valence-electron chi connectivity index (χ4n) is 1.95. The Hall–Kier alpha value is -2.65. The first kappa shape index (κ1) is 15.7. The highest BCUT2D eigenvalue weighted by Gasteiger charge is 2.20. The summed E-state index contributed by atoms with van der Waals surface area (Å²) in [4.78, 5) is 4.13. The third-order valence-electron chi connectivity index (χ3n) is 2.82. The Morgan fingerprint density at radius 3 is 2.59 bits per heavy atom. The average molecular weight is 325 g/mol. The number of anilines is 1. The number of terminal acetylenes is 1. The highest BCUT2D eigenvalue weighted by Crippen LogP contribution is 2.36. The Morgan fingerprint density at radius 1 is 1.27 bits per heavy atom. The van der Waals surface area contributed by atoms with E-state index in [9.17, 15) is 10.5 Å². The fourth-order valence-corrected chi connectivity index (χ4v) is 2.81. The zero-order valence-corrected chi connectivity index (χ0v) is 12.9. The molecule has 106 valence electrons. The summed E-state index contributed by atoms with van der Waals surface area (Å²) in [6.45, 7) is 0. The molecular formula is C16H9ClN4S. The third-order valence-corrected chi connectivity index (χ3v) is 3.94. The Balaban J connectivity index is 2.80. The second-order valence-electron chi connectivity index (χ2n) is 4.15. The maximum Gasteiger partial charge on any atom is 0.143 e. The molecule has 0 aliphatic carbocycles. The van der Waals surface area contributed by atoms with Crippen molar-refractivity contribution in [3.8, 4) is 35.6 Å². The van der Waals surface area contributed by atoms with E-state index in [1.807, 2.05) is 6.07 Å². The lowest BCUT2D eigenvalue weighted by atomic mass is 9.97. The molecule has 0 spiro atoms. The van der Waals surface area contributed by atoms with Crippen molar-refractivity contribution in [1.82, 2.24) is 4.98 Å². The van der Waals surface area contributed by atoms with Gasteiger partial charge in [0, 0.05) is 10.6 Å². The molecule has 2 N–H and O–H groups in total. The third kappa shape index (κ3) is 3.00. The first-order chi connectivity index (χ1) is 10.6. The highest BCUT2D eigenvalue weighted by molar-refractivity contribution is 7.99. The Bertz CT molecular complexity index is 856. The Kier molecular flexibility index (Phi) is 4.92. The first-order valence-corrected chi connectivity index (χ1v) is 7.44. The van der Waals surface area contributed by atoms with E-state index in [1.165, 1.54) is 11.8 Å². The number of benzene rings is 1. The lowest BCUT2D eigenvalue weighted by Crippen LogP contribution is -2.03. The average Bonchev–Trinajstić information content (AvgIpc) is 2.52. The summed E-state index contributed by atoms with van der Waals surface area (Å²) in [5.74, 6) is 2.89. The van der Waals surface area contributed by atoms with Crippen LogP contribution in [0.25, 0.3) is 11.1 Å². The number of thioether (sulfide) groups is 1. The predicted octanol–water partition coefficient (Wildman–Crippen LogP) is 3.45. The van der Waals surface area contributed by atoms with E-state index in [4.69, 9.17) is 23.8 Å². The highest BCUT2D eigenvalue weighted by atomic mass is 35.5. The molecule has 0 saturated heterocycles. The topological polar surface area (TPSA) is 86.5 Å². The van der Waals surface area contributed by atoms with Crippen molar-refractivity contribution in [3.05, 3.63) is 40.4 Å². The molecule has 1 aromatic carbocycles. The standard InChI is InChI=1S/C16H9ClN4S/c1-2-6-22-16-13(9-19)14(12(8-18)15(20)21-16)10-4-3-5-11(17)7-10/h1,3-5,7H,6H2,(H2,20,21). The van der Waals surface area contributed by atoms with Crippen LogP contribution in [0.2, 0.25) is 5.02 Å². The molecule has 0 amide bonds. The molecule has 1 heterocycles. The largest absolute Gasteiger partial charge is 0.383 e. The zero-order chi connectivity index (χ0) is 16.1. The van der Waals surface area contributed by atoms with Crippen LogP contribution < -0.4 is 5.73 Å². The number of nitriles is 2. The summed E-state index contributed by atoms with van der Waals surface area (Å²) >= 11 is 7.23. The molecule has 0 radical (unpaired) electrons. The van der Waals surface area contributed by atoms with Gasteiger partial charge < -0.3 is 5.73 Å². The molecule has 22 heavy (non-hydrogen) atoms. The first-order valence-electron chi connectivity index (χ1n) is 6.08. The van der Waals surface area contributed by atoms with Crippen LogP contribution in [0.5, 0.6) is 0 Å². The van der Waals surface area contributed by atoms with Crippen LogP contribution in [0.1, 0.15) is 11.1 Å². The summed E-state index contributed by atoms with van der Waals surface area (Å²) in [5, 5.41) is 19.8. The van der Waals surface area contributed by atoms with Crippen molar-refractivity contribution in [2.75, 3.05) is 11.5 Å². The van der Waals surface area contributed by atoms with Gasteiger partial charge in [0.25, 0.3) is 0 Å². The van der Waals surface area contributed by atoms with E-state index in [0.717, 1.165) is 0 Å². The Morgan fingerprint density at radius 2 is 2.00 bits per heavy atom. The molecule has 1 aromatic heterocycles. The number of nitrogens with zero attached hydrogens (tertiary/aromatic N) is 3. The molecule has 0 fully saturated rings. The summed E-state index contributed by atoms with van der Waals surface area (Å²) in [5.41, 5.74) is 7.36. The quantitative estimate of drug-likeness (QED) is 0.690. The molecule has 0 bridgehead atoms. The molecule has 0 aliphatic heterocycles. The Labute approximate surface area is 137 Å². The molecule has 4 nitrogen and oxygen atoms in total. The van der Waals surface area contributed by atoms with Crippen molar-refractivity contribution in [3.63, 3.8) is 0 Å². The van der Waals surface area contributed by atoms with Gasteiger partial charge in [0.05, 0.1) is 11.3 Å². The van der Waals surface area contributed by atoms with Crippen molar-refractivity contribution >= 4 is 29.2 Å². The molecule has 0 unspecified atom stereocenters. The number of pyridine rings is 1. The lowest BCUT2D eigenvalue weighted by molar-refractivity contribution is 1.12. The molecule has 2 rings (SSSR count).